The molecule has 166 valence electrons. The molecule has 8 nitrogen and oxygen atoms in total. The Morgan fingerprint density at radius 1 is 1.31 bits per heavy atom. The summed E-state index contributed by atoms with van der Waals surface area (Å²) < 4.78 is 17.7. The molecule has 3 atom stereocenters. The van der Waals surface area contributed by atoms with Gasteiger partial charge in [0, 0.05) is 30.7 Å². The first-order valence-corrected chi connectivity index (χ1v) is 10.6. The minimum Gasteiger partial charge on any atom is -0.493 e. The number of nitrogens with zero attached hydrogens (tertiary/aromatic N) is 2. The highest BCUT2D eigenvalue weighted by Gasteiger charge is 2.53. The van der Waals surface area contributed by atoms with Crippen LogP contribution in [0, 0.1) is 10.1 Å². The molecule has 0 aromatic heterocycles. The van der Waals surface area contributed by atoms with Crippen LogP contribution in [0.2, 0.25) is 0 Å². The van der Waals surface area contributed by atoms with Crippen LogP contribution < -0.4 is 9.47 Å². The summed E-state index contributed by atoms with van der Waals surface area (Å²) in [5, 5.41) is 11.0. The molecule has 0 saturated heterocycles. The molecule has 2 aliphatic heterocycles. The van der Waals surface area contributed by atoms with Gasteiger partial charge in [-0.3, -0.25) is 10.1 Å². The molecule has 0 amide bonds. The lowest BCUT2D eigenvalue weighted by Crippen LogP contribution is -2.43. The van der Waals surface area contributed by atoms with Gasteiger partial charge < -0.3 is 19.1 Å². The van der Waals surface area contributed by atoms with Gasteiger partial charge in [-0.1, -0.05) is 18.2 Å². The number of esters is 1. The molecule has 2 heterocycles. The minimum absolute atomic E-state index is 0.144. The summed E-state index contributed by atoms with van der Waals surface area (Å²) in [6.45, 7) is 1.75. The van der Waals surface area contributed by atoms with Gasteiger partial charge >= 0.3 is 5.97 Å². The van der Waals surface area contributed by atoms with Crippen LogP contribution in [0.5, 0.6) is 11.5 Å². The molecule has 2 aromatic carbocycles. The second-order valence-corrected chi connectivity index (χ2v) is 8.61. The Morgan fingerprint density at radius 2 is 2.16 bits per heavy atom. The molecule has 0 radical (unpaired) electrons. The molecular formula is C24H24N2O6. The largest absolute Gasteiger partial charge is 0.493 e. The van der Waals surface area contributed by atoms with Gasteiger partial charge in [0.25, 0.3) is 5.69 Å². The lowest BCUT2D eigenvalue weighted by Gasteiger charge is -2.36. The molecule has 5 rings (SSSR count). The second-order valence-electron chi connectivity index (χ2n) is 8.61. The van der Waals surface area contributed by atoms with Crippen molar-refractivity contribution in [3.05, 3.63) is 75.4 Å². The molecule has 0 saturated carbocycles. The maximum Gasteiger partial charge on any atom is 0.338 e. The topological polar surface area (TPSA) is 91.1 Å². The Kier molecular flexibility index (Phi) is 4.89. The molecule has 0 fully saturated rings. The number of carbonyl (C=O) groups is 1. The van der Waals surface area contributed by atoms with Crippen LogP contribution in [0.25, 0.3) is 0 Å². The van der Waals surface area contributed by atoms with Crippen molar-refractivity contribution in [2.75, 3.05) is 20.7 Å². The molecule has 0 N–H and O–H groups in total. The number of rotatable bonds is 4. The smallest absolute Gasteiger partial charge is 0.338 e. The van der Waals surface area contributed by atoms with Gasteiger partial charge in [0.2, 0.25) is 0 Å². The van der Waals surface area contributed by atoms with E-state index in [0.29, 0.717) is 12.2 Å². The first kappa shape index (κ1) is 20.5. The van der Waals surface area contributed by atoms with E-state index < -0.39 is 17.0 Å². The Hall–Kier alpha value is -3.39. The third-order valence-corrected chi connectivity index (χ3v) is 6.68. The maximum atomic E-state index is 12.7. The highest BCUT2D eigenvalue weighted by Crippen LogP contribution is 2.55. The highest BCUT2D eigenvalue weighted by atomic mass is 16.6. The summed E-state index contributed by atoms with van der Waals surface area (Å²) in [5.41, 5.74) is 2.11. The predicted octanol–water partition coefficient (Wildman–Crippen LogP) is 3.62. The molecule has 8 heteroatoms. The first-order chi connectivity index (χ1) is 15.4. The van der Waals surface area contributed by atoms with E-state index >= 15 is 0 Å². The molecule has 1 aliphatic carbocycles. The third kappa shape index (κ3) is 3.22. The van der Waals surface area contributed by atoms with Gasteiger partial charge in [-0.15, -0.1) is 0 Å². The normalized spacial score (nSPS) is 25.8. The van der Waals surface area contributed by atoms with Crippen LogP contribution in [-0.2, 0) is 16.7 Å². The number of hydrogen-bond acceptors (Lipinski definition) is 7. The summed E-state index contributed by atoms with van der Waals surface area (Å²) in [7, 11) is 3.75. The molecule has 0 unspecified atom stereocenters. The van der Waals surface area contributed by atoms with Crippen molar-refractivity contribution in [2.45, 2.75) is 37.0 Å². The average Bonchev–Trinajstić information content (AvgIpc) is 3.05. The summed E-state index contributed by atoms with van der Waals surface area (Å²) >= 11 is 0. The lowest BCUT2D eigenvalue weighted by atomic mass is 9.69. The van der Waals surface area contributed by atoms with E-state index in [1.165, 1.54) is 35.4 Å². The van der Waals surface area contributed by atoms with Gasteiger partial charge in [-0.2, -0.15) is 0 Å². The van der Waals surface area contributed by atoms with E-state index in [0.717, 1.165) is 25.3 Å². The average molecular weight is 436 g/mol. The Balaban J connectivity index is 1.44. The van der Waals surface area contributed by atoms with Crippen molar-refractivity contribution < 1.29 is 23.9 Å². The number of carbonyl (C=O) groups excluding carboxylic acids is 1. The highest BCUT2D eigenvalue weighted by molar-refractivity contribution is 5.90. The van der Waals surface area contributed by atoms with Crippen molar-refractivity contribution in [2.24, 2.45) is 0 Å². The Bertz CT molecular complexity index is 1130. The van der Waals surface area contributed by atoms with Crippen LogP contribution in [0.15, 0.2) is 48.6 Å². The number of nitro groups is 1. The molecule has 3 aliphatic rings. The zero-order valence-corrected chi connectivity index (χ0v) is 17.9. The molecule has 1 spiro atoms. The van der Waals surface area contributed by atoms with Crippen molar-refractivity contribution in [3.8, 4) is 11.5 Å². The number of methoxy groups -OCH3 is 1. The Morgan fingerprint density at radius 3 is 2.94 bits per heavy atom. The van der Waals surface area contributed by atoms with Crippen LogP contribution in [0.3, 0.4) is 0 Å². The van der Waals surface area contributed by atoms with Gasteiger partial charge in [0.05, 0.1) is 23.0 Å². The van der Waals surface area contributed by atoms with E-state index in [1.54, 1.807) is 7.11 Å². The van der Waals surface area contributed by atoms with E-state index in [1.807, 2.05) is 12.1 Å². The summed E-state index contributed by atoms with van der Waals surface area (Å²) in [6.07, 6.45) is 4.77. The van der Waals surface area contributed by atoms with E-state index in [-0.39, 0.29) is 22.8 Å². The van der Waals surface area contributed by atoms with Crippen molar-refractivity contribution >= 4 is 11.7 Å². The lowest BCUT2D eigenvalue weighted by molar-refractivity contribution is -0.384. The van der Waals surface area contributed by atoms with E-state index in [9.17, 15) is 14.9 Å². The van der Waals surface area contributed by atoms with Crippen molar-refractivity contribution in [3.63, 3.8) is 0 Å². The maximum absolute atomic E-state index is 12.7. The van der Waals surface area contributed by atoms with Crippen molar-refractivity contribution in [1.29, 1.82) is 0 Å². The van der Waals surface area contributed by atoms with E-state index in [4.69, 9.17) is 14.2 Å². The number of hydrogen-bond donors (Lipinski definition) is 0. The van der Waals surface area contributed by atoms with Crippen LogP contribution >= 0.6 is 0 Å². The second kappa shape index (κ2) is 7.63. The zero-order valence-electron chi connectivity index (χ0n) is 17.9. The molecular weight excluding hydrogens is 412 g/mol. The molecule has 0 bridgehead atoms. The third-order valence-electron chi connectivity index (χ3n) is 6.68. The summed E-state index contributed by atoms with van der Waals surface area (Å²) in [6, 6.07) is 9.63. The first-order valence-electron chi connectivity index (χ1n) is 10.6. The van der Waals surface area contributed by atoms with Gasteiger partial charge in [0.1, 0.15) is 12.2 Å². The fourth-order valence-corrected chi connectivity index (χ4v) is 5.10. The summed E-state index contributed by atoms with van der Waals surface area (Å²) in [4.78, 5) is 25.5. The number of nitro benzene ring substituents is 1. The zero-order chi connectivity index (χ0) is 22.5. The predicted molar refractivity (Wildman–Crippen MR) is 116 cm³/mol. The van der Waals surface area contributed by atoms with Crippen LogP contribution in [0.1, 0.15) is 34.3 Å². The van der Waals surface area contributed by atoms with E-state index in [2.05, 4.69) is 24.1 Å². The van der Waals surface area contributed by atoms with Gasteiger partial charge in [-0.05, 0) is 43.8 Å². The number of non-ortho nitro benzene ring substituents is 1. The standard InChI is InChI=1S/C24H24N2O6/c1-25-11-10-24-9-8-18(31-23(27)15-4-3-5-17(12-15)26(28)29)13-20(24)32-22-19(30-2)7-6-16(14-25)21(22)24/h3-9,12,18,20H,10-11,13-14H2,1-2H3/t18-,20-,24-/m0/s1. The number of benzene rings is 2. The number of ether oxygens (including phenoxy) is 3. The van der Waals surface area contributed by atoms with Crippen LogP contribution in [0.4, 0.5) is 5.69 Å². The summed E-state index contributed by atoms with van der Waals surface area (Å²) in [5.74, 6) is 0.898. The van der Waals surface area contributed by atoms with Gasteiger partial charge in [-0.25, -0.2) is 4.79 Å². The van der Waals surface area contributed by atoms with Gasteiger partial charge in [0.15, 0.2) is 11.5 Å². The minimum atomic E-state index is -0.589. The van der Waals surface area contributed by atoms with Crippen LogP contribution in [-0.4, -0.2) is 48.7 Å². The fraction of sp³-hybridized carbons (Fsp3) is 0.375. The SMILES string of the molecule is COc1ccc2c3c1O[C@H]1C[C@@H](OC(=O)c4cccc([N+](=O)[O-])c4)C=C[C@@]31CCN(C)C2. The fourth-order valence-electron chi connectivity index (χ4n) is 5.10. The monoisotopic (exact) mass is 436 g/mol. The molecule has 32 heavy (non-hydrogen) atoms. The quantitative estimate of drug-likeness (QED) is 0.313. The Labute approximate surface area is 185 Å². The molecule has 2 aromatic rings. The van der Waals surface area contributed by atoms with Crippen molar-refractivity contribution in [1.82, 2.24) is 4.90 Å².